The summed E-state index contributed by atoms with van der Waals surface area (Å²) in [5, 5.41) is 10.3. The van der Waals surface area contributed by atoms with Crippen molar-refractivity contribution in [2.75, 3.05) is 6.61 Å². The summed E-state index contributed by atoms with van der Waals surface area (Å²) in [5.41, 5.74) is 0.960. The normalized spacial score (nSPS) is 56.2. The molecule has 2 saturated heterocycles. The lowest BCUT2D eigenvalue weighted by Gasteiger charge is -2.60. The smallest absolute Gasteiger partial charge is 0.303 e. The molecule has 11 atom stereocenters. The van der Waals surface area contributed by atoms with Crippen LogP contribution in [0.3, 0.4) is 0 Å². The molecule has 34 heavy (non-hydrogen) atoms. The van der Waals surface area contributed by atoms with Gasteiger partial charge in [-0.05, 0) is 80.5 Å². The van der Waals surface area contributed by atoms with Gasteiger partial charge in [0.05, 0.1) is 18.6 Å². The maximum atomic E-state index is 12.6. The minimum absolute atomic E-state index is 0.0167. The lowest BCUT2D eigenvalue weighted by atomic mass is 9.46. The van der Waals surface area contributed by atoms with Crippen LogP contribution in [0.25, 0.3) is 0 Å². The zero-order chi connectivity index (χ0) is 24.1. The third-order valence-electron chi connectivity index (χ3n) is 11.9. The van der Waals surface area contributed by atoms with Crippen LogP contribution in [0.2, 0.25) is 0 Å². The Labute approximate surface area is 205 Å². The molecule has 0 aromatic rings. The minimum atomic E-state index is -0.622. The number of carbonyl (C=O) groups excluding carboxylic acids is 1. The molecule has 2 heterocycles. The molecule has 0 bridgehead atoms. The van der Waals surface area contributed by atoms with Crippen LogP contribution in [0, 0.1) is 40.4 Å². The Morgan fingerprint density at radius 1 is 1.12 bits per heavy atom. The van der Waals surface area contributed by atoms with Crippen molar-refractivity contribution >= 4 is 5.97 Å². The van der Waals surface area contributed by atoms with E-state index in [0.717, 1.165) is 64.4 Å². The van der Waals surface area contributed by atoms with E-state index < -0.39 is 11.4 Å². The van der Waals surface area contributed by atoms with Gasteiger partial charge < -0.3 is 19.3 Å². The zero-order valence-electron chi connectivity index (χ0n) is 21.8. The van der Waals surface area contributed by atoms with E-state index in [4.69, 9.17) is 14.2 Å². The van der Waals surface area contributed by atoms with Gasteiger partial charge in [0.25, 0.3) is 0 Å². The molecule has 4 aliphatic carbocycles. The second kappa shape index (κ2) is 7.55. The van der Waals surface area contributed by atoms with Crippen LogP contribution in [-0.2, 0) is 19.0 Å². The van der Waals surface area contributed by atoms with Crippen LogP contribution in [0.1, 0.15) is 92.4 Å². The molecule has 5 nitrogen and oxygen atoms in total. The van der Waals surface area contributed by atoms with Crippen molar-refractivity contribution in [3.8, 4) is 0 Å². The number of aliphatic hydroxyl groups excluding tert-OH is 1. The second-order valence-corrected chi connectivity index (χ2v) is 13.3. The number of hydrogen-bond donors (Lipinski definition) is 1. The van der Waals surface area contributed by atoms with Gasteiger partial charge in [0, 0.05) is 18.8 Å². The molecule has 0 aromatic carbocycles. The van der Waals surface area contributed by atoms with E-state index in [0.29, 0.717) is 23.7 Å². The predicted octanol–water partition coefficient (Wildman–Crippen LogP) is 5.40. The first-order valence-corrected chi connectivity index (χ1v) is 13.9. The third-order valence-corrected chi connectivity index (χ3v) is 11.9. The fraction of sp³-hybridized carbons (Fsp3) is 0.897. The molecule has 6 unspecified atom stereocenters. The molecule has 2 aliphatic heterocycles. The van der Waals surface area contributed by atoms with Gasteiger partial charge in [-0.2, -0.15) is 0 Å². The highest BCUT2D eigenvalue weighted by Gasteiger charge is 2.78. The molecule has 190 valence electrons. The molecular weight excluding hydrogens is 428 g/mol. The minimum Gasteiger partial charge on any atom is -0.455 e. The number of ether oxygens (including phenoxy) is 3. The number of aliphatic hydroxyl groups is 1. The van der Waals surface area contributed by atoms with Gasteiger partial charge in [-0.1, -0.05) is 39.3 Å². The van der Waals surface area contributed by atoms with E-state index in [1.807, 2.05) is 0 Å². The Morgan fingerprint density at radius 2 is 1.91 bits per heavy atom. The van der Waals surface area contributed by atoms with Crippen molar-refractivity contribution in [3.05, 3.63) is 11.6 Å². The molecule has 5 fully saturated rings. The summed E-state index contributed by atoms with van der Waals surface area (Å²) in [7, 11) is 0. The van der Waals surface area contributed by atoms with Gasteiger partial charge in [0.2, 0.25) is 0 Å². The molecule has 3 saturated carbocycles. The first-order valence-electron chi connectivity index (χ1n) is 13.9. The first kappa shape index (κ1) is 23.5. The molecule has 0 radical (unpaired) electrons. The Bertz CT molecular complexity index is 889. The number of rotatable bonds is 1. The van der Waals surface area contributed by atoms with Crippen molar-refractivity contribution in [2.45, 2.75) is 116 Å². The Hall–Kier alpha value is -0.910. The van der Waals surface area contributed by atoms with Gasteiger partial charge in [-0.25, -0.2) is 0 Å². The summed E-state index contributed by atoms with van der Waals surface area (Å²) in [5.74, 6) is 1.44. The highest BCUT2D eigenvalue weighted by atomic mass is 16.7. The summed E-state index contributed by atoms with van der Waals surface area (Å²) >= 11 is 0. The predicted molar refractivity (Wildman–Crippen MR) is 129 cm³/mol. The molecule has 6 aliphatic rings. The van der Waals surface area contributed by atoms with Gasteiger partial charge in [0.1, 0.15) is 6.10 Å². The van der Waals surface area contributed by atoms with E-state index in [9.17, 15) is 9.90 Å². The summed E-state index contributed by atoms with van der Waals surface area (Å²) in [6.07, 6.45) is 11.3. The number of fused-ring (bicyclic) bond motifs is 7. The van der Waals surface area contributed by atoms with E-state index in [1.165, 1.54) is 5.57 Å². The van der Waals surface area contributed by atoms with Crippen LogP contribution in [0.15, 0.2) is 11.6 Å². The summed E-state index contributed by atoms with van der Waals surface area (Å²) < 4.78 is 19.9. The number of allylic oxidation sites excluding steroid dienone is 1. The van der Waals surface area contributed by atoms with E-state index in [1.54, 1.807) is 6.92 Å². The summed E-state index contributed by atoms with van der Waals surface area (Å²) in [6, 6.07) is 0. The van der Waals surface area contributed by atoms with Crippen molar-refractivity contribution in [1.29, 1.82) is 0 Å². The summed E-state index contributed by atoms with van der Waals surface area (Å²) in [6.45, 7) is 11.6. The molecule has 0 amide bonds. The lowest BCUT2D eigenvalue weighted by Crippen LogP contribution is -2.61. The van der Waals surface area contributed by atoms with Crippen molar-refractivity contribution in [2.24, 2.45) is 40.4 Å². The average Bonchev–Trinajstić information content (AvgIpc) is 3.16. The largest absolute Gasteiger partial charge is 0.455 e. The monoisotopic (exact) mass is 472 g/mol. The number of carbonyl (C=O) groups is 1. The van der Waals surface area contributed by atoms with Crippen molar-refractivity contribution in [1.82, 2.24) is 0 Å². The fourth-order valence-corrected chi connectivity index (χ4v) is 10.1. The molecular formula is C29H44O5. The number of esters is 1. The molecule has 6 rings (SSSR count). The SMILES string of the molecule is CC(=O)O[C@]12C(CC3C4CC=C5C[C@@H](O)CC[C@]5(C)C4CC[C@@]31C)OC1(CCC(C)CO1)[C@H]2C. The van der Waals surface area contributed by atoms with E-state index in [2.05, 4.69) is 33.8 Å². The highest BCUT2D eigenvalue weighted by Crippen LogP contribution is 2.73. The van der Waals surface area contributed by atoms with Gasteiger partial charge in [-0.15, -0.1) is 0 Å². The lowest BCUT2D eigenvalue weighted by molar-refractivity contribution is -0.274. The van der Waals surface area contributed by atoms with E-state index >= 15 is 0 Å². The second-order valence-electron chi connectivity index (χ2n) is 13.3. The van der Waals surface area contributed by atoms with Gasteiger partial charge in [0.15, 0.2) is 11.4 Å². The third kappa shape index (κ3) is 2.87. The van der Waals surface area contributed by atoms with Crippen molar-refractivity contribution < 1.29 is 24.1 Å². The Morgan fingerprint density at radius 3 is 2.62 bits per heavy atom. The van der Waals surface area contributed by atoms with Crippen LogP contribution in [0.4, 0.5) is 0 Å². The van der Waals surface area contributed by atoms with Crippen LogP contribution in [0.5, 0.6) is 0 Å². The molecule has 0 aromatic heterocycles. The standard InChI is InChI=1S/C29H44O5/c1-17-8-13-28(32-16-17)18(2)29(33-19(3)30)25(34-28)15-24-22-7-6-20-14-21(31)9-11-26(20,4)23(22)10-12-27(24,29)5/h6,17-18,21-25,31H,7-16H2,1-5H3/t17?,18-,21+,22?,23?,24?,25?,26+,27+,28?,29-/m1/s1. The highest BCUT2D eigenvalue weighted by molar-refractivity contribution is 5.67. The maximum absolute atomic E-state index is 12.6. The quantitative estimate of drug-likeness (QED) is 0.409. The topological polar surface area (TPSA) is 65.0 Å². The van der Waals surface area contributed by atoms with Crippen LogP contribution < -0.4 is 0 Å². The first-order chi connectivity index (χ1) is 16.1. The fourth-order valence-electron chi connectivity index (χ4n) is 10.1. The zero-order valence-corrected chi connectivity index (χ0v) is 21.8. The molecule has 1 N–H and O–H groups in total. The van der Waals surface area contributed by atoms with E-state index in [-0.39, 0.29) is 34.9 Å². The van der Waals surface area contributed by atoms with Gasteiger partial charge >= 0.3 is 5.97 Å². The van der Waals surface area contributed by atoms with Crippen molar-refractivity contribution in [3.63, 3.8) is 0 Å². The van der Waals surface area contributed by atoms with Crippen LogP contribution in [-0.4, -0.2) is 41.3 Å². The number of hydrogen-bond acceptors (Lipinski definition) is 5. The molecule has 5 heteroatoms. The molecule has 1 spiro atoms. The Kier molecular flexibility index (Phi) is 5.22. The van der Waals surface area contributed by atoms with Gasteiger partial charge in [-0.3, -0.25) is 4.79 Å². The van der Waals surface area contributed by atoms with Crippen LogP contribution >= 0.6 is 0 Å². The Balaban J connectivity index is 1.37. The average molecular weight is 473 g/mol. The maximum Gasteiger partial charge on any atom is 0.303 e. The summed E-state index contributed by atoms with van der Waals surface area (Å²) in [4.78, 5) is 12.6.